The Balaban J connectivity index is 2.18. The molecule has 1 aliphatic rings. The predicted octanol–water partition coefficient (Wildman–Crippen LogP) is 2.40. The topological polar surface area (TPSA) is 0 Å². The van der Waals surface area contributed by atoms with Crippen LogP contribution in [0.1, 0.15) is 32.6 Å². The van der Waals surface area contributed by atoms with Crippen LogP contribution in [-0.4, -0.2) is 17.7 Å². The number of rotatable bonds is 1. The third-order valence-corrected chi connectivity index (χ3v) is 2.71. The molecule has 0 aromatic carbocycles. The van der Waals surface area contributed by atoms with Crippen LogP contribution >= 0.6 is 0 Å². The maximum absolute atomic E-state index is 2.38. The summed E-state index contributed by atoms with van der Waals surface area (Å²) in [7, 11) is 0. The summed E-state index contributed by atoms with van der Waals surface area (Å²) in [6.45, 7) is 2.38. The standard InChI is InChI=1S/C8H15.Li/c1-7-3-5-8(2)6-4-7;/h7-8H,1,3-6H2,2H3;. The first kappa shape index (κ1) is 7.70. The quantitative estimate of drug-likeness (QED) is 0.464. The van der Waals surface area contributed by atoms with Crippen molar-refractivity contribution in [3.63, 3.8) is 0 Å². The van der Waals surface area contributed by atoms with Gasteiger partial charge in [0.15, 0.2) is 0 Å². The van der Waals surface area contributed by atoms with Crippen LogP contribution in [-0.2, 0) is 0 Å². The van der Waals surface area contributed by atoms with Gasteiger partial charge in [0.25, 0.3) is 0 Å². The fourth-order valence-corrected chi connectivity index (χ4v) is 1.74. The second-order valence-corrected chi connectivity index (χ2v) is 3.53. The molecular weight excluding hydrogens is 103 g/mol. The molecule has 1 saturated carbocycles. The molecule has 0 unspecified atom stereocenters. The van der Waals surface area contributed by atoms with Gasteiger partial charge in [-0.05, 0) is 0 Å². The van der Waals surface area contributed by atoms with Crippen molar-refractivity contribution in [3.8, 4) is 0 Å². The van der Waals surface area contributed by atoms with Crippen LogP contribution in [0.5, 0.6) is 0 Å². The first-order valence-corrected chi connectivity index (χ1v) is 4.33. The normalized spacial score (nSPS) is 36.8. The molecule has 0 N–H and O–H groups in total. The maximum atomic E-state index is 2.38. The second kappa shape index (κ2) is 3.69. The summed E-state index contributed by atoms with van der Waals surface area (Å²) in [5, 5.41) is 1.41. The molecule has 0 bridgehead atoms. The summed E-state index contributed by atoms with van der Waals surface area (Å²) in [5.41, 5.74) is 0. The molecule has 9 heavy (non-hydrogen) atoms. The molecule has 0 aromatic rings. The number of hydrogen-bond acceptors (Lipinski definition) is 0. The Bertz CT molecular complexity index is 72.6. The van der Waals surface area contributed by atoms with E-state index in [0.717, 1.165) is 11.8 Å². The fraction of sp³-hybridized carbons (Fsp3) is 1.00. The average Bonchev–Trinajstić information content (AvgIpc) is 1.90. The Labute approximate surface area is 67.6 Å². The van der Waals surface area contributed by atoms with E-state index in [1.807, 2.05) is 0 Å². The van der Waals surface area contributed by atoms with Crippen LogP contribution in [0.15, 0.2) is 0 Å². The third kappa shape index (κ3) is 2.36. The molecule has 0 amide bonds. The van der Waals surface area contributed by atoms with Crippen LogP contribution in [0.3, 0.4) is 0 Å². The van der Waals surface area contributed by atoms with Crippen molar-refractivity contribution in [1.82, 2.24) is 0 Å². The Hall–Kier alpha value is 0.597. The van der Waals surface area contributed by atoms with E-state index < -0.39 is 0 Å². The van der Waals surface area contributed by atoms with Gasteiger partial charge in [-0.3, -0.25) is 0 Å². The van der Waals surface area contributed by atoms with Gasteiger partial charge in [-0.2, -0.15) is 0 Å². The summed E-state index contributed by atoms with van der Waals surface area (Å²) in [6, 6.07) is 0. The Morgan fingerprint density at radius 1 is 1.22 bits per heavy atom. The molecule has 48 valence electrons. The molecule has 1 aliphatic carbocycles. The van der Waals surface area contributed by atoms with Gasteiger partial charge < -0.3 is 0 Å². The first-order chi connectivity index (χ1) is 4.33. The molecule has 1 heteroatoms. The fourth-order valence-electron chi connectivity index (χ4n) is 1.74. The van der Waals surface area contributed by atoms with E-state index in [2.05, 4.69) is 24.6 Å². The van der Waals surface area contributed by atoms with E-state index >= 15 is 0 Å². The Morgan fingerprint density at radius 3 is 2.22 bits per heavy atom. The molecular formula is C8H15Li. The van der Waals surface area contributed by atoms with Gasteiger partial charge in [-0.25, -0.2) is 0 Å². The zero-order valence-electron chi connectivity index (χ0n) is 6.69. The van der Waals surface area contributed by atoms with E-state index in [1.165, 1.54) is 30.8 Å². The molecule has 0 aliphatic heterocycles. The van der Waals surface area contributed by atoms with E-state index in [4.69, 9.17) is 0 Å². The minimum absolute atomic E-state index is 1.02. The zero-order chi connectivity index (χ0) is 6.69. The number of hydrogen-bond donors (Lipinski definition) is 0. The molecule has 0 radical (unpaired) electrons. The average molecular weight is 118 g/mol. The molecule has 0 saturated heterocycles. The van der Waals surface area contributed by atoms with Gasteiger partial charge in [-0.1, -0.05) is 0 Å². The zero-order valence-corrected chi connectivity index (χ0v) is 6.69. The van der Waals surface area contributed by atoms with Crippen molar-refractivity contribution in [1.29, 1.82) is 0 Å². The monoisotopic (exact) mass is 118 g/mol. The SMILES string of the molecule is [Li][CH2]C1CCC(C)CC1. The van der Waals surface area contributed by atoms with E-state index in [-0.39, 0.29) is 0 Å². The van der Waals surface area contributed by atoms with Crippen molar-refractivity contribution < 1.29 is 0 Å². The summed E-state index contributed by atoms with van der Waals surface area (Å²) in [6.07, 6.45) is 5.96. The van der Waals surface area contributed by atoms with Gasteiger partial charge in [0, 0.05) is 0 Å². The van der Waals surface area contributed by atoms with Crippen molar-refractivity contribution in [2.45, 2.75) is 37.7 Å². The van der Waals surface area contributed by atoms with E-state index in [1.54, 1.807) is 0 Å². The van der Waals surface area contributed by atoms with E-state index in [0.29, 0.717) is 0 Å². The van der Waals surface area contributed by atoms with Gasteiger partial charge in [-0.15, -0.1) is 0 Å². The molecule has 1 fully saturated rings. The molecule has 0 spiro atoms. The van der Waals surface area contributed by atoms with Crippen LogP contribution in [0, 0.1) is 11.8 Å². The van der Waals surface area contributed by atoms with E-state index in [9.17, 15) is 0 Å². The molecule has 0 heterocycles. The Kier molecular flexibility index (Phi) is 3.16. The minimum atomic E-state index is 1.02. The summed E-state index contributed by atoms with van der Waals surface area (Å²) < 4.78 is 0. The summed E-state index contributed by atoms with van der Waals surface area (Å²) in [4.78, 5) is 0. The van der Waals surface area contributed by atoms with Gasteiger partial charge in [0.05, 0.1) is 0 Å². The third-order valence-electron chi connectivity index (χ3n) is 2.71. The van der Waals surface area contributed by atoms with Crippen molar-refractivity contribution in [2.75, 3.05) is 0 Å². The first-order valence-electron chi connectivity index (χ1n) is 4.33. The molecule has 0 atom stereocenters. The predicted molar refractivity (Wildman–Crippen MR) is 41.7 cm³/mol. The molecule has 0 nitrogen and oxygen atoms in total. The van der Waals surface area contributed by atoms with Gasteiger partial charge in [0.1, 0.15) is 0 Å². The van der Waals surface area contributed by atoms with Crippen molar-refractivity contribution in [3.05, 3.63) is 0 Å². The van der Waals surface area contributed by atoms with Crippen LogP contribution in [0.2, 0.25) is 5.09 Å². The van der Waals surface area contributed by atoms with Crippen LogP contribution in [0.4, 0.5) is 0 Å². The van der Waals surface area contributed by atoms with Gasteiger partial charge in [0.2, 0.25) is 0 Å². The van der Waals surface area contributed by atoms with Crippen LogP contribution < -0.4 is 0 Å². The van der Waals surface area contributed by atoms with Crippen molar-refractivity contribution in [2.24, 2.45) is 11.8 Å². The second-order valence-electron chi connectivity index (χ2n) is 3.53. The molecule has 1 rings (SSSR count). The van der Waals surface area contributed by atoms with Crippen LogP contribution in [0.25, 0.3) is 0 Å². The summed E-state index contributed by atoms with van der Waals surface area (Å²) >= 11 is 2.32. The summed E-state index contributed by atoms with van der Waals surface area (Å²) in [5.74, 6) is 2.09. The van der Waals surface area contributed by atoms with Crippen molar-refractivity contribution >= 4 is 17.7 Å². The Morgan fingerprint density at radius 2 is 1.78 bits per heavy atom. The molecule has 0 aromatic heterocycles. The van der Waals surface area contributed by atoms with Gasteiger partial charge >= 0.3 is 67.3 Å².